The van der Waals surface area contributed by atoms with E-state index in [9.17, 15) is 0 Å². The average molecular weight is 491 g/mol. The van der Waals surface area contributed by atoms with Crippen molar-refractivity contribution < 1.29 is 0 Å². The third kappa shape index (κ3) is 6.57. The van der Waals surface area contributed by atoms with Crippen molar-refractivity contribution in [1.82, 2.24) is 0 Å². The molecule has 32 heavy (non-hydrogen) atoms. The third-order valence-corrected chi connectivity index (χ3v) is 9.25. The maximum atomic E-state index is 4.63. The lowest BCUT2D eigenvalue weighted by Crippen LogP contribution is -2.09. The molecule has 158 valence electrons. The van der Waals surface area contributed by atoms with Crippen LogP contribution < -0.4 is 21.2 Å². The molecule has 0 unspecified atom stereocenters. The summed E-state index contributed by atoms with van der Waals surface area (Å²) in [7, 11) is 0.688. The molecule has 0 bridgehead atoms. The fourth-order valence-electron chi connectivity index (χ4n) is 2.91. The van der Waals surface area contributed by atoms with Crippen LogP contribution in [-0.4, -0.2) is 0 Å². The summed E-state index contributed by atoms with van der Waals surface area (Å²) in [6, 6.07) is 41.1. The molecule has 0 aliphatic rings. The monoisotopic (exact) mass is 490 g/mol. The lowest BCUT2D eigenvalue weighted by molar-refractivity contribution is 1.50. The molecule has 0 amide bonds. The van der Waals surface area contributed by atoms with E-state index in [1.165, 1.54) is 43.2 Å². The Morgan fingerprint density at radius 2 is 0.625 bits per heavy atom. The average Bonchev–Trinajstić information content (AvgIpc) is 2.88. The second-order valence-corrected chi connectivity index (χ2v) is 11.6. The van der Waals surface area contributed by atoms with E-state index < -0.39 is 16.1 Å². The summed E-state index contributed by atoms with van der Waals surface area (Å²) in [6.07, 6.45) is 0. The molecule has 0 aliphatic carbocycles. The molecule has 0 aliphatic heterocycles. The third-order valence-electron chi connectivity index (χ3n) is 4.35. The van der Waals surface area contributed by atoms with E-state index in [1.807, 2.05) is 72.8 Å². The topological polar surface area (TPSA) is 49.4 Å². The van der Waals surface area contributed by atoms with E-state index >= 15 is 0 Å². The van der Waals surface area contributed by atoms with Gasteiger partial charge in [0.1, 0.15) is 16.1 Å². The first-order chi connectivity index (χ1) is 15.9. The van der Waals surface area contributed by atoms with Crippen molar-refractivity contribution in [2.75, 3.05) is 0 Å². The molecule has 4 aromatic rings. The lowest BCUT2D eigenvalue weighted by atomic mass is 10.4. The largest absolute Gasteiger partial charge is 0.148 e. The fourth-order valence-corrected chi connectivity index (χ4v) is 7.34. The van der Waals surface area contributed by atoms with Gasteiger partial charge in [0.25, 0.3) is 0 Å². The molecule has 0 N–H and O–H groups in total. The molecule has 8 heteroatoms. The molecule has 0 aromatic heterocycles. The summed E-state index contributed by atoms with van der Waals surface area (Å²) in [5.41, 5.74) is 0. The predicted octanol–water partition coefficient (Wildman–Crippen LogP) is 7.20. The standard InChI is InChI=1S/C24H20N4P2S2/c1-5-13-21(14-6-1)29(22-15-7-2-8-16-22)25-27-31-32-28-26-30(23-17-9-3-10-18-23)24-19-11-4-12-20-24/h1-20H/b27-25+,28-26+. The van der Waals surface area contributed by atoms with Gasteiger partial charge in [-0.3, -0.25) is 0 Å². The maximum Gasteiger partial charge on any atom is 0.104 e. The van der Waals surface area contributed by atoms with Crippen molar-refractivity contribution in [2.45, 2.75) is 0 Å². The van der Waals surface area contributed by atoms with Crippen LogP contribution in [0.3, 0.4) is 0 Å². The van der Waals surface area contributed by atoms with E-state index in [1.54, 1.807) is 0 Å². The Morgan fingerprint density at radius 3 is 0.875 bits per heavy atom. The van der Waals surface area contributed by atoms with Crippen LogP contribution in [0.5, 0.6) is 0 Å². The second kappa shape index (κ2) is 12.6. The molecular formula is C24H20N4P2S2. The Labute approximate surface area is 199 Å². The van der Waals surface area contributed by atoms with Crippen molar-refractivity contribution in [2.24, 2.45) is 18.8 Å². The summed E-state index contributed by atoms with van der Waals surface area (Å²) >= 11 is 0. The van der Waals surface area contributed by atoms with Crippen molar-refractivity contribution in [3.05, 3.63) is 121 Å². The number of hydrogen-bond acceptors (Lipinski definition) is 6. The summed E-state index contributed by atoms with van der Waals surface area (Å²) in [4.78, 5) is 9.27. The van der Waals surface area contributed by atoms with Crippen molar-refractivity contribution in [3.8, 4) is 0 Å². The zero-order valence-corrected chi connectivity index (χ0v) is 20.5. The van der Waals surface area contributed by atoms with Gasteiger partial charge in [-0.2, -0.15) is 0 Å². The van der Waals surface area contributed by atoms with Crippen molar-refractivity contribution in [1.29, 1.82) is 0 Å². The molecule has 4 rings (SSSR count). The van der Waals surface area contributed by atoms with E-state index in [-0.39, 0.29) is 0 Å². The minimum atomic E-state index is -0.901. The Hall–Kier alpha value is -2.36. The Morgan fingerprint density at radius 1 is 0.375 bits per heavy atom. The highest BCUT2D eigenvalue weighted by molar-refractivity contribution is 8.75. The minimum Gasteiger partial charge on any atom is -0.148 e. The van der Waals surface area contributed by atoms with Gasteiger partial charge in [-0.1, -0.05) is 121 Å². The van der Waals surface area contributed by atoms with Crippen LogP contribution in [0.25, 0.3) is 0 Å². The van der Waals surface area contributed by atoms with Gasteiger partial charge in [-0.25, -0.2) is 0 Å². The molecule has 0 saturated heterocycles. The predicted molar refractivity (Wildman–Crippen MR) is 143 cm³/mol. The van der Waals surface area contributed by atoms with Crippen LogP contribution >= 0.6 is 38.1 Å². The van der Waals surface area contributed by atoms with Gasteiger partial charge < -0.3 is 0 Å². The fraction of sp³-hybridized carbons (Fsp3) is 0. The van der Waals surface area contributed by atoms with Gasteiger partial charge in [0.15, 0.2) is 0 Å². The molecule has 0 saturated carbocycles. The lowest BCUT2D eigenvalue weighted by Gasteiger charge is -2.11. The Bertz CT molecular complexity index is 960. The van der Waals surface area contributed by atoms with Crippen LogP contribution in [0, 0.1) is 0 Å². The molecule has 4 aromatic carbocycles. The highest BCUT2D eigenvalue weighted by Crippen LogP contribution is 2.40. The summed E-state index contributed by atoms with van der Waals surface area (Å²) in [5, 5.41) is 4.67. The highest BCUT2D eigenvalue weighted by Gasteiger charge is 2.14. The van der Waals surface area contributed by atoms with Crippen molar-refractivity contribution in [3.63, 3.8) is 0 Å². The first-order valence-corrected chi connectivity index (χ1v) is 14.5. The maximum absolute atomic E-state index is 4.63. The van der Waals surface area contributed by atoms with Gasteiger partial charge in [-0.15, -0.1) is 18.8 Å². The number of benzene rings is 4. The quantitative estimate of drug-likeness (QED) is 0.0819. The number of hydrogen-bond donors (Lipinski definition) is 0. The molecule has 0 fully saturated rings. The summed E-state index contributed by atoms with van der Waals surface area (Å²) in [6.45, 7) is 0. The van der Waals surface area contributed by atoms with Crippen LogP contribution in [0.15, 0.2) is 140 Å². The van der Waals surface area contributed by atoms with Crippen LogP contribution in [0.1, 0.15) is 0 Å². The van der Waals surface area contributed by atoms with Gasteiger partial charge >= 0.3 is 0 Å². The number of nitrogens with zero attached hydrogens (tertiary/aromatic N) is 4. The van der Waals surface area contributed by atoms with Gasteiger partial charge in [-0.05, 0) is 0 Å². The SMILES string of the molecule is c1ccc(P(/N=N/SS/N=N/P(c2ccccc2)c2ccccc2)c2ccccc2)cc1. The highest BCUT2D eigenvalue weighted by atomic mass is 33.1. The molecular weight excluding hydrogens is 470 g/mol. The Balaban J connectivity index is 1.43. The Kier molecular flexibility index (Phi) is 9.00. The van der Waals surface area contributed by atoms with E-state index in [4.69, 9.17) is 0 Å². The normalized spacial score (nSPS) is 11.7. The van der Waals surface area contributed by atoms with Crippen LogP contribution in [0.4, 0.5) is 0 Å². The minimum absolute atomic E-state index is 0.901. The summed E-state index contributed by atoms with van der Waals surface area (Å²) < 4.78 is 8.71. The zero-order valence-electron chi connectivity index (χ0n) is 17.0. The van der Waals surface area contributed by atoms with E-state index in [0.29, 0.717) is 0 Å². The first-order valence-electron chi connectivity index (χ1n) is 9.87. The smallest absolute Gasteiger partial charge is 0.104 e. The van der Waals surface area contributed by atoms with Crippen LogP contribution in [0.2, 0.25) is 0 Å². The molecule has 4 nitrogen and oxygen atoms in total. The van der Waals surface area contributed by atoms with Crippen LogP contribution in [-0.2, 0) is 0 Å². The summed E-state index contributed by atoms with van der Waals surface area (Å²) in [5.74, 6) is 0. The van der Waals surface area contributed by atoms with Gasteiger partial charge in [0.05, 0.1) is 22.0 Å². The second-order valence-electron chi connectivity index (χ2n) is 6.46. The molecule has 0 heterocycles. The molecule has 0 atom stereocenters. The molecule has 0 radical (unpaired) electrons. The van der Waals surface area contributed by atoms with Gasteiger partial charge in [0, 0.05) is 21.2 Å². The van der Waals surface area contributed by atoms with E-state index in [0.717, 1.165) is 0 Å². The zero-order chi connectivity index (χ0) is 21.8. The first kappa shape index (κ1) is 22.8. The molecule has 0 spiro atoms. The van der Waals surface area contributed by atoms with Crippen molar-refractivity contribution >= 4 is 59.3 Å². The number of rotatable bonds is 9. The van der Waals surface area contributed by atoms with E-state index in [2.05, 4.69) is 67.3 Å². The van der Waals surface area contributed by atoms with Gasteiger partial charge in [0.2, 0.25) is 0 Å².